The van der Waals surface area contributed by atoms with Crippen LogP contribution in [-0.2, 0) is 16.0 Å². The second kappa shape index (κ2) is 6.12. The molecule has 2 atom stereocenters. The molecule has 7 heteroatoms. The molecule has 1 aliphatic carbocycles. The summed E-state index contributed by atoms with van der Waals surface area (Å²) in [5.41, 5.74) is 0. The van der Waals surface area contributed by atoms with E-state index in [0.717, 1.165) is 0 Å². The SMILES string of the molecule is O=C(O)C1CC=CCC1C(=O)NCCc1ncn[nH]1. The number of rotatable bonds is 5. The van der Waals surface area contributed by atoms with Crippen molar-refractivity contribution in [3.8, 4) is 0 Å². The highest BCUT2D eigenvalue weighted by Crippen LogP contribution is 2.25. The van der Waals surface area contributed by atoms with E-state index in [9.17, 15) is 9.59 Å². The molecule has 0 saturated carbocycles. The quantitative estimate of drug-likeness (QED) is 0.655. The van der Waals surface area contributed by atoms with Gasteiger partial charge in [-0.1, -0.05) is 12.2 Å². The van der Waals surface area contributed by atoms with Gasteiger partial charge in [0.2, 0.25) is 5.91 Å². The van der Waals surface area contributed by atoms with Crippen LogP contribution in [0.3, 0.4) is 0 Å². The molecule has 1 aromatic heterocycles. The first-order valence-electron chi connectivity index (χ1n) is 6.18. The van der Waals surface area contributed by atoms with Crippen molar-refractivity contribution in [3.05, 3.63) is 24.3 Å². The van der Waals surface area contributed by atoms with Gasteiger partial charge in [-0.05, 0) is 12.8 Å². The predicted octanol–water partition coefficient (Wildman–Crippen LogP) is 0.130. The minimum Gasteiger partial charge on any atom is -0.481 e. The maximum atomic E-state index is 12.0. The average molecular weight is 264 g/mol. The Morgan fingerprint density at radius 2 is 2.11 bits per heavy atom. The van der Waals surface area contributed by atoms with Crippen molar-refractivity contribution in [1.29, 1.82) is 0 Å². The molecule has 0 saturated heterocycles. The summed E-state index contributed by atoms with van der Waals surface area (Å²) in [6.07, 6.45) is 6.52. The summed E-state index contributed by atoms with van der Waals surface area (Å²) < 4.78 is 0. The van der Waals surface area contributed by atoms with Gasteiger partial charge in [-0.3, -0.25) is 14.7 Å². The molecule has 0 aromatic carbocycles. The fraction of sp³-hybridized carbons (Fsp3) is 0.500. The van der Waals surface area contributed by atoms with Gasteiger partial charge in [0.1, 0.15) is 12.2 Å². The van der Waals surface area contributed by atoms with Crippen molar-refractivity contribution in [2.24, 2.45) is 11.8 Å². The van der Waals surface area contributed by atoms with E-state index in [1.807, 2.05) is 12.2 Å². The van der Waals surface area contributed by atoms with Crippen LogP contribution in [0, 0.1) is 11.8 Å². The van der Waals surface area contributed by atoms with Gasteiger partial charge in [0.15, 0.2) is 0 Å². The molecule has 7 nitrogen and oxygen atoms in total. The van der Waals surface area contributed by atoms with Crippen LogP contribution in [0.4, 0.5) is 0 Å². The van der Waals surface area contributed by atoms with Crippen LogP contribution in [0.25, 0.3) is 0 Å². The minimum absolute atomic E-state index is 0.212. The molecular formula is C12H16N4O3. The zero-order chi connectivity index (χ0) is 13.7. The monoisotopic (exact) mass is 264 g/mol. The standard InChI is InChI=1S/C12H16N4O3/c17-11(13-6-5-10-14-7-15-16-10)8-3-1-2-4-9(8)12(18)19/h1-2,7-9H,3-6H2,(H,13,17)(H,18,19)(H,14,15,16). The zero-order valence-corrected chi connectivity index (χ0v) is 10.4. The van der Waals surface area contributed by atoms with Gasteiger partial charge >= 0.3 is 5.97 Å². The number of nitrogens with one attached hydrogen (secondary N) is 2. The van der Waals surface area contributed by atoms with Crippen LogP contribution in [-0.4, -0.2) is 38.7 Å². The first kappa shape index (κ1) is 13.3. The van der Waals surface area contributed by atoms with Gasteiger partial charge in [0, 0.05) is 13.0 Å². The molecule has 0 bridgehead atoms. The summed E-state index contributed by atoms with van der Waals surface area (Å²) in [5, 5.41) is 18.3. The van der Waals surface area contributed by atoms with E-state index in [-0.39, 0.29) is 5.91 Å². The van der Waals surface area contributed by atoms with Crippen molar-refractivity contribution >= 4 is 11.9 Å². The summed E-state index contributed by atoms with van der Waals surface area (Å²) in [4.78, 5) is 27.0. The maximum absolute atomic E-state index is 12.0. The number of carboxylic acid groups (broad SMARTS) is 1. The lowest BCUT2D eigenvalue weighted by Gasteiger charge is -2.24. The van der Waals surface area contributed by atoms with Crippen LogP contribution in [0.2, 0.25) is 0 Å². The van der Waals surface area contributed by atoms with E-state index in [1.54, 1.807) is 0 Å². The van der Waals surface area contributed by atoms with E-state index in [1.165, 1.54) is 6.33 Å². The Morgan fingerprint density at radius 1 is 1.37 bits per heavy atom. The average Bonchev–Trinajstić information content (AvgIpc) is 2.91. The van der Waals surface area contributed by atoms with E-state index in [2.05, 4.69) is 20.5 Å². The molecule has 0 spiro atoms. The largest absolute Gasteiger partial charge is 0.481 e. The smallest absolute Gasteiger partial charge is 0.307 e. The first-order chi connectivity index (χ1) is 9.18. The number of H-pyrrole nitrogens is 1. The van der Waals surface area contributed by atoms with Gasteiger partial charge in [0.25, 0.3) is 0 Å². The number of carbonyl (C=O) groups is 2. The fourth-order valence-electron chi connectivity index (χ4n) is 2.16. The van der Waals surface area contributed by atoms with Crippen LogP contribution in [0.15, 0.2) is 18.5 Å². The Balaban J connectivity index is 1.84. The molecule has 0 fully saturated rings. The number of aromatic nitrogens is 3. The van der Waals surface area contributed by atoms with Crippen molar-refractivity contribution in [2.75, 3.05) is 6.54 Å². The van der Waals surface area contributed by atoms with Gasteiger partial charge in [-0.2, -0.15) is 5.10 Å². The van der Waals surface area contributed by atoms with Crippen LogP contribution < -0.4 is 5.32 Å². The molecule has 2 rings (SSSR count). The molecule has 1 amide bonds. The Bertz CT molecular complexity index is 469. The highest BCUT2D eigenvalue weighted by atomic mass is 16.4. The lowest BCUT2D eigenvalue weighted by atomic mass is 9.82. The summed E-state index contributed by atoms with van der Waals surface area (Å²) in [7, 11) is 0. The molecule has 3 N–H and O–H groups in total. The molecule has 0 radical (unpaired) electrons. The van der Waals surface area contributed by atoms with E-state index in [0.29, 0.717) is 31.6 Å². The molecule has 102 valence electrons. The number of aromatic amines is 1. The molecule has 19 heavy (non-hydrogen) atoms. The second-order valence-corrected chi connectivity index (χ2v) is 4.47. The van der Waals surface area contributed by atoms with Crippen LogP contribution in [0.1, 0.15) is 18.7 Å². The lowest BCUT2D eigenvalue weighted by molar-refractivity contribution is -0.147. The van der Waals surface area contributed by atoms with Gasteiger partial charge in [-0.25, -0.2) is 4.98 Å². The number of amides is 1. The topological polar surface area (TPSA) is 108 Å². The van der Waals surface area contributed by atoms with Crippen LogP contribution in [0.5, 0.6) is 0 Å². The van der Waals surface area contributed by atoms with Crippen molar-refractivity contribution in [2.45, 2.75) is 19.3 Å². The third kappa shape index (κ3) is 3.40. The fourth-order valence-corrected chi connectivity index (χ4v) is 2.16. The van der Waals surface area contributed by atoms with Crippen molar-refractivity contribution in [1.82, 2.24) is 20.5 Å². The number of aliphatic carboxylic acids is 1. The summed E-state index contributed by atoms with van der Waals surface area (Å²) in [6, 6.07) is 0. The minimum atomic E-state index is -0.917. The van der Waals surface area contributed by atoms with Crippen molar-refractivity contribution in [3.63, 3.8) is 0 Å². The number of hydrogen-bond acceptors (Lipinski definition) is 4. The van der Waals surface area contributed by atoms with E-state index < -0.39 is 17.8 Å². The van der Waals surface area contributed by atoms with Gasteiger partial charge in [0.05, 0.1) is 11.8 Å². The lowest BCUT2D eigenvalue weighted by Crippen LogP contribution is -2.39. The molecule has 1 aromatic rings. The maximum Gasteiger partial charge on any atom is 0.307 e. The molecular weight excluding hydrogens is 248 g/mol. The van der Waals surface area contributed by atoms with E-state index >= 15 is 0 Å². The van der Waals surface area contributed by atoms with Crippen molar-refractivity contribution < 1.29 is 14.7 Å². The zero-order valence-electron chi connectivity index (χ0n) is 10.4. The normalized spacial score (nSPS) is 22.1. The molecule has 2 unspecified atom stereocenters. The third-order valence-electron chi connectivity index (χ3n) is 3.21. The number of nitrogens with zero attached hydrogens (tertiary/aromatic N) is 2. The highest BCUT2D eigenvalue weighted by molar-refractivity contribution is 5.85. The Kier molecular flexibility index (Phi) is 4.27. The number of carbonyl (C=O) groups excluding carboxylic acids is 1. The molecule has 0 aliphatic heterocycles. The Labute approximate surface area is 110 Å². The molecule has 1 aliphatic rings. The first-order valence-corrected chi connectivity index (χ1v) is 6.18. The highest BCUT2D eigenvalue weighted by Gasteiger charge is 2.33. The number of allylic oxidation sites excluding steroid dienone is 2. The molecule has 1 heterocycles. The number of hydrogen-bond donors (Lipinski definition) is 3. The Morgan fingerprint density at radius 3 is 2.74 bits per heavy atom. The summed E-state index contributed by atoms with van der Waals surface area (Å²) >= 11 is 0. The Hall–Kier alpha value is -2.18. The van der Waals surface area contributed by atoms with E-state index in [4.69, 9.17) is 5.11 Å². The summed E-state index contributed by atoms with van der Waals surface area (Å²) in [5.74, 6) is -1.55. The third-order valence-corrected chi connectivity index (χ3v) is 3.21. The van der Waals surface area contributed by atoms with Gasteiger partial charge in [-0.15, -0.1) is 0 Å². The second-order valence-electron chi connectivity index (χ2n) is 4.47. The van der Waals surface area contributed by atoms with Gasteiger partial charge < -0.3 is 10.4 Å². The summed E-state index contributed by atoms with van der Waals surface area (Å²) in [6.45, 7) is 0.417. The number of carboxylic acids is 1. The predicted molar refractivity (Wildman–Crippen MR) is 66.1 cm³/mol. The van der Waals surface area contributed by atoms with Crippen LogP contribution >= 0.6 is 0 Å².